The quantitative estimate of drug-likeness (QED) is 0.866. The fourth-order valence-electron chi connectivity index (χ4n) is 1.66. The monoisotopic (exact) mass is 244 g/mol. The maximum Gasteiger partial charge on any atom is 0.222 e. The first kappa shape index (κ1) is 12.4. The van der Waals surface area contributed by atoms with Crippen molar-refractivity contribution >= 4 is 5.69 Å². The number of benzene rings is 1. The molecule has 3 N–H and O–H groups in total. The molecule has 2 rings (SSSR count). The van der Waals surface area contributed by atoms with E-state index in [0.29, 0.717) is 18.0 Å². The molecule has 0 saturated carbocycles. The standard InChI is InChI=1S/C14H16N2O2/c1-10-8-12(15)9-16-14(10)18-13-4-2-11(3-5-13)6-7-17/h2-5,8-9,17H,6-7,15H2,1H3. The van der Waals surface area contributed by atoms with Crippen LogP contribution in [0.5, 0.6) is 11.6 Å². The Hall–Kier alpha value is -2.07. The van der Waals surface area contributed by atoms with Crippen molar-refractivity contribution in [2.24, 2.45) is 0 Å². The summed E-state index contributed by atoms with van der Waals surface area (Å²) in [4.78, 5) is 4.14. The maximum absolute atomic E-state index is 8.83. The minimum absolute atomic E-state index is 0.152. The van der Waals surface area contributed by atoms with Gasteiger partial charge in [-0.15, -0.1) is 0 Å². The lowest BCUT2D eigenvalue weighted by Crippen LogP contribution is -1.95. The van der Waals surface area contributed by atoms with Gasteiger partial charge in [0.15, 0.2) is 0 Å². The summed E-state index contributed by atoms with van der Waals surface area (Å²) in [5, 5.41) is 8.83. The molecule has 0 fully saturated rings. The molecule has 0 saturated heterocycles. The van der Waals surface area contributed by atoms with Crippen molar-refractivity contribution in [2.45, 2.75) is 13.3 Å². The van der Waals surface area contributed by atoms with Crippen LogP contribution >= 0.6 is 0 Å². The summed E-state index contributed by atoms with van der Waals surface area (Å²) in [7, 11) is 0. The van der Waals surface area contributed by atoms with Gasteiger partial charge in [0.25, 0.3) is 0 Å². The Morgan fingerprint density at radius 1 is 1.28 bits per heavy atom. The average Bonchev–Trinajstić information content (AvgIpc) is 2.35. The highest BCUT2D eigenvalue weighted by molar-refractivity contribution is 5.43. The lowest BCUT2D eigenvalue weighted by Gasteiger charge is -2.08. The van der Waals surface area contributed by atoms with Crippen LogP contribution < -0.4 is 10.5 Å². The van der Waals surface area contributed by atoms with Crippen molar-refractivity contribution in [1.29, 1.82) is 0 Å². The zero-order chi connectivity index (χ0) is 13.0. The smallest absolute Gasteiger partial charge is 0.222 e. The SMILES string of the molecule is Cc1cc(N)cnc1Oc1ccc(CCO)cc1. The molecule has 4 heteroatoms. The summed E-state index contributed by atoms with van der Waals surface area (Å²) >= 11 is 0. The number of nitrogens with zero attached hydrogens (tertiary/aromatic N) is 1. The molecule has 18 heavy (non-hydrogen) atoms. The van der Waals surface area contributed by atoms with E-state index < -0.39 is 0 Å². The zero-order valence-corrected chi connectivity index (χ0v) is 10.3. The van der Waals surface area contributed by atoms with E-state index in [4.69, 9.17) is 15.6 Å². The van der Waals surface area contributed by atoms with Crippen LogP contribution in [0.4, 0.5) is 5.69 Å². The highest BCUT2D eigenvalue weighted by atomic mass is 16.5. The number of aliphatic hydroxyl groups is 1. The van der Waals surface area contributed by atoms with E-state index >= 15 is 0 Å². The predicted octanol–water partition coefficient (Wildman–Crippen LogP) is 2.30. The van der Waals surface area contributed by atoms with Gasteiger partial charge in [0.1, 0.15) is 5.75 Å². The van der Waals surface area contributed by atoms with Crippen LogP contribution in [0.1, 0.15) is 11.1 Å². The van der Waals surface area contributed by atoms with Gasteiger partial charge in [0.05, 0.1) is 11.9 Å². The number of rotatable bonds is 4. The number of ether oxygens (including phenoxy) is 1. The number of nitrogen functional groups attached to an aromatic ring is 1. The lowest BCUT2D eigenvalue weighted by atomic mass is 10.1. The Morgan fingerprint density at radius 3 is 2.61 bits per heavy atom. The van der Waals surface area contributed by atoms with Crippen molar-refractivity contribution < 1.29 is 9.84 Å². The second-order valence-corrected chi connectivity index (χ2v) is 4.11. The van der Waals surface area contributed by atoms with Crippen LogP contribution in [0.3, 0.4) is 0 Å². The predicted molar refractivity (Wildman–Crippen MR) is 70.7 cm³/mol. The molecule has 0 aliphatic heterocycles. The molecular weight excluding hydrogens is 228 g/mol. The van der Waals surface area contributed by atoms with E-state index in [2.05, 4.69) is 4.98 Å². The number of pyridine rings is 1. The first-order valence-corrected chi connectivity index (χ1v) is 5.79. The first-order valence-electron chi connectivity index (χ1n) is 5.79. The van der Waals surface area contributed by atoms with E-state index in [1.807, 2.05) is 37.3 Å². The molecule has 0 aliphatic carbocycles. The lowest BCUT2D eigenvalue weighted by molar-refractivity contribution is 0.299. The van der Waals surface area contributed by atoms with Crippen molar-refractivity contribution in [3.63, 3.8) is 0 Å². The van der Waals surface area contributed by atoms with Crippen molar-refractivity contribution in [1.82, 2.24) is 4.98 Å². The Bertz CT molecular complexity index is 524. The minimum Gasteiger partial charge on any atom is -0.439 e. The van der Waals surface area contributed by atoms with Crippen molar-refractivity contribution in [3.05, 3.63) is 47.7 Å². The second kappa shape index (κ2) is 5.51. The number of aromatic nitrogens is 1. The maximum atomic E-state index is 8.83. The Balaban J connectivity index is 2.13. The normalized spacial score (nSPS) is 10.3. The van der Waals surface area contributed by atoms with E-state index in [0.717, 1.165) is 16.9 Å². The molecule has 0 unspecified atom stereocenters. The third-order valence-corrected chi connectivity index (χ3v) is 2.59. The molecule has 0 bridgehead atoms. The summed E-state index contributed by atoms with van der Waals surface area (Å²) in [6, 6.07) is 9.41. The van der Waals surface area contributed by atoms with Crippen molar-refractivity contribution in [2.75, 3.05) is 12.3 Å². The zero-order valence-electron chi connectivity index (χ0n) is 10.3. The number of hydrogen-bond donors (Lipinski definition) is 2. The molecular formula is C14H16N2O2. The largest absolute Gasteiger partial charge is 0.439 e. The number of anilines is 1. The third-order valence-electron chi connectivity index (χ3n) is 2.59. The fraction of sp³-hybridized carbons (Fsp3) is 0.214. The molecule has 2 aromatic rings. The summed E-state index contributed by atoms with van der Waals surface area (Å²) in [6.07, 6.45) is 2.22. The van der Waals surface area contributed by atoms with Crippen LogP contribution in [-0.4, -0.2) is 16.7 Å². The van der Waals surface area contributed by atoms with E-state index in [9.17, 15) is 0 Å². The summed E-state index contributed by atoms with van der Waals surface area (Å²) in [5.41, 5.74) is 8.23. The summed E-state index contributed by atoms with van der Waals surface area (Å²) in [6.45, 7) is 2.05. The second-order valence-electron chi connectivity index (χ2n) is 4.11. The highest BCUT2D eigenvalue weighted by Gasteiger charge is 2.03. The molecule has 0 atom stereocenters. The average molecular weight is 244 g/mol. The van der Waals surface area contributed by atoms with Crippen LogP contribution in [-0.2, 0) is 6.42 Å². The van der Waals surface area contributed by atoms with Gasteiger partial charge in [-0.3, -0.25) is 0 Å². The van der Waals surface area contributed by atoms with Crippen LogP contribution in [0.15, 0.2) is 36.5 Å². The molecule has 1 heterocycles. The van der Waals surface area contributed by atoms with Gasteiger partial charge >= 0.3 is 0 Å². The third kappa shape index (κ3) is 2.99. The summed E-state index contributed by atoms with van der Waals surface area (Å²) in [5.74, 6) is 1.27. The van der Waals surface area contributed by atoms with Gasteiger partial charge < -0.3 is 15.6 Å². The number of aliphatic hydroxyl groups excluding tert-OH is 1. The fourth-order valence-corrected chi connectivity index (χ4v) is 1.66. The number of hydrogen-bond acceptors (Lipinski definition) is 4. The van der Waals surface area contributed by atoms with Crippen LogP contribution in [0.2, 0.25) is 0 Å². The number of aryl methyl sites for hydroxylation is 1. The molecule has 4 nitrogen and oxygen atoms in total. The van der Waals surface area contributed by atoms with Crippen molar-refractivity contribution in [3.8, 4) is 11.6 Å². The first-order chi connectivity index (χ1) is 8.69. The molecule has 0 amide bonds. The summed E-state index contributed by atoms with van der Waals surface area (Å²) < 4.78 is 5.67. The molecule has 94 valence electrons. The minimum atomic E-state index is 0.152. The van der Waals surface area contributed by atoms with Crippen LogP contribution in [0.25, 0.3) is 0 Å². The van der Waals surface area contributed by atoms with E-state index in [1.54, 1.807) is 6.20 Å². The van der Waals surface area contributed by atoms with Gasteiger partial charge in [0.2, 0.25) is 5.88 Å². The molecule has 0 radical (unpaired) electrons. The van der Waals surface area contributed by atoms with Crippen LogP contribution in [0, 0.1) is 6.92 Å². The van der Waals surface area contributed by atoms with Gasteiger partial charge in [-0.2, -0.15) is 0 Å². The van der Waals surface area contributed by atoms with Gasteiger partial charge in [-0.05, 0) is 37.1 Å². The Kier molecular flexibility index (Phi) is 3.79. The Labute approximate surface area is 106 Å². The molecule has 1 aromatic heterocycles. The van der Waals surface area contributed by atoms with Gasteiger partial charge in [-0.25, -0.2) is 4.98 Å². The van der Waals surface area contributed by atoms with E-state index in [1.165, 1.54) is 0 Å². The van der Waals surface area contributed by atoms with Gasteiger partial charge in [0, 0.05) is 12.2 Å². The highest BCUT2D eigenvalue weighted by Crippen LogP contribution is 2.24. The topological polar surface area (TPSA) is 68.4 Å². The molecule has 0 aliphatic rings. The molecule has 0 spiro atoms. The van der Waals surface area contributed by atoms with E-state index in [-0.39, 0.29) is 6.61 Å². The molecule has 1 aromatic carbocycles. The van der Waals surface area contributed by atoms with Gasteiger partial charge in [-0.1, -0.05) is 12.1 Å². The Morgan fingerprint density at radius 2 is 2.00 bits per heavy atom. The number of nitrogens with two attached hydrogens (primary N) is 1.